The predicted molar refractivity (Wildman–Crippen MR) is 125 cm³/mol. The molecule has 0 saturated carbocycles. The van der Waals surface area contributed by atoms with Crippen molar-refractivity contribution in [3.63, 3.8) is 0 Å². The molecule has 32 heavy (non-hydrogen) atoms. The number of carbonyl (C=O) groups excluding carboxylic acids is 1. The van der Waals surface area contributed by atoms with Crippen molar-refractivity contribution in [2.75, 3.05) is 56.1 Å². The number of hydrogen-bond acceptors (Lipinski definition) is 6. The van der Waals surface area contributed by atoms with Gasteiger partial charge < -0.3 is 15.0 Å². The minimum Gasteiger partial charge on any atom is -0.479 e. The number of carbonyl (C=O) groups is 1. The van der Waals surface area contributed by atoms with E-state index in [0.717, 1.165) is 62.7 Å². The Hall–Kier alpha value is -2.33. The maximum absolute atomic E-state index is 12.3. The van der Waals surface area contributed by atoms with Gasteiger partial charge in [0.2, 0.25) is 10.0 Å². The topological polar surface area (TPSA) is 91.0 Å². The Labute approximate surface area is 193 Å². The van der Waals surface area contributed by atoms with Gasteiger partial charge in [-0.15, -0.1) is 0 Å². The van der Waals surface area contributed by atoms with Crippen LogP contribution in [0.15, 0.2) is 47.4 Å². The number of benzene rings is 2. The fourth-order valence-electron chi connectivity index (χ4n) is 3.94. The van der Waals surface area contributed by atoms with E-state index in [1.54, 1.807) is 12.1 Å². The van der Waals surface area contributed by atoms with Gasteiger partial charge in [0, 0.05) is 37.7 Å². The van der Waals surface area contributed by atoms with Crippen molar-refractivity contribution in [1.29, 1.82) is 0 Å². The van der Waals surface area contributed by atoms with Crippen molar-refractivity contribution in [3.8, 4) is 5.75 Å². The summed E-state index contributed by atoms with van der Waals surface area (Å²) in [6, 6.07) is 12.1. The number of para-hydroxylation sites is 1. The highest BCUT2D eigenvalue weighted by Gasteiger charge is 2.24. The van der Waals surface area contributed by atoms with Crippen LogP contribution < -0.4 is 19.7 Å². The zero-order valence-corrected chi connectivity index (χ0v) is 19.3. The molecule has 0 atom stereocenters. The highest BCUT2D eigenvalue weighted by molar-refractivity contribution is 7.89. The minimum absolute atomic E-state index is 0.0467. The van der Waals surface area contributed by atoms with Crippen LogP contribution >= 0.6 is 11.6 Å². The summed E-state index contributed by atoms with van der Waals surface area (Å²) in [4.78, 5) is 16.4. The van der Waals surface area contributed by atoms with Crippen LogP contribution in [0.4, 0.5) is 11.4 Å². The quantitative estimate of drug-likeness (QED) is 0.567. The van der Waals surface area contributed by atoms with E-state index in [9.17, 15) is 13.2 Å². The molecule has 172 valence electrons. The Balaban J connectivity index is 1.20. The maximum Gasteiger partial charge on any atom is 0.262 e. The molecule has 4 rings (SSSR count). The Morgan fingerprint density at radius 1 is 1.06 bits per heavy atom. The van der Waals surface area contributed by atoms with E-state index in [1.807, 2.05) is 18.2 Å². The molecule has 0 spiro atoms. The van der Waals surface area contributed by atoms with Gasteiger partial charge in [0.25, 0.3) is 5.91 Å². The molecule has 0 unspecified atom stereocenters. The van der Waals surface area contributed by atoms with Crippen molar-refractivity contribution in [1.82, 2.24) is 9.62 Å². The molecule has 0 aromatic heterocycles. The summed E-state index contributed by atoms with van der Waals surface area (Å²) >= 11 is 5.89. The van der Waals surface area contributed by atoms with E-state index in [4.69, 9.17) is 16.3 Å². The van der Waals surface area contributed by atoms with E-state index in [-0.39, 0.29) is 17.4 Å². The third-order valence-electron chi connectivity index (χ3n) is 5.63. The van der Waals surface area contributed by atoms with Crippen LogP contribution in [0, 0.1) is 0 Å². The lowest BCUT2D eigenvalue weighted by Crippen LogP contribution is -2.47. The van der Waals surface area contributed by atoms with Crippen molar-refractivity contribution in [2.24, 2.45) is 0 Å². The lowest BCUT2D eigenvalue weighted by molar-refractivity contribution is -0.118. The summed E-state index contributed by atoms with van der Waals surface area (Å²) < 4.78 is 33.0. The average molecular weight is 479 g/mol. The van der Waals surface area contributed by atoms with E-state index in [0.29, 0.717) is 11.6 Å². The number of sulfonamides is 1. The first-order valence-corrected chi connectivity index (χ1v) is 12.6. The number of ether oxygens (including phenoxy) is 1. The summed E-state index contributed by atoms with van der Waals surface area (Å²) in [6.07, 6.45) is 1.67. The van der Waals surface area contributed by atoms with E-state index in [1.165, 1.54) is 12.1 Å². The zero-order chi connectivity index (χ0) is 22.6. The molecule has 2 aromatic carbocycles. The fraction of sp³-hybridized carbons (Fsp3) is 0.409. The number of piperazine rings is 1. The number of fused-ring (bicyclic) bond motifs is 1. The van der Waals surface area contributed by atoms with Gasteiger partial charge in [-0.3, -0.25) is 9.69 Å². The normalized spacial score (nSPS) is 16.9. The zero-order valence-electron chi connectivity index (χ0n) is 17.7. The molecule has 2 heterocycles. The first-order valence-electron chi connectivity index (χ1n) is 10.7. The van der Waals surface area contributed by atoms with E-state index in [2.05, 4.69) is 19.8 Å². The number of nitrogens with one attached hydrogen (secondary N) is 2. The van der Waals surface area contributed by atoms with Crippen LogP contribution in [0.25, 0.3) is 0 Å². The first-order chi connectivity index (χ1) is 15.4. The first kappa shape index (κ1) is 22.8. The van der Waals surface area contributed by atoms with Gasteiger partial charge in [0.1, 0.15) is 0 Å². The molecule has 2 N–H and O–H groups in total. The van der Waals surface area contributed by atoms with E-state index < -0.39 is 10.0 Å². The lowest BCUT2D eigenvalue weighted by Gasteiger charge is -2.37. The van der Waals surface area contributed by atoms with Crippen LogP contribution in [0.5, 0.6) is 5.75 Å². The van der Waals surface area contributed by atoms with Gasteiger partial charge in [-0.2, -0.15) is 0 Å². The molecule has 1 amide bonds. The molecule has 1 fully saturated rings. The minimum atomic E-state index is -3.53. The monoisotopic (exact) mass is 478 g/mol. The SMILES string of the molecule is O=C1COc2c(cccc2N2CCN(CCCCNS(=O)(=O)c3cccc(Cl)c3)CC2)N1. The van der Waals surface area contributed by atoms with Crippen LogP contribution in [-0.2, 0) is 14.8 Å². The summed E-state index contributed by atoms with van der Waals surface area (Å²) in [5.41, 5.74) is 1.74. The smallest absolute Gasteiger partial charge is 0.262 e. The lowest BCUT2D eigenvalue weighted by atomic mass is 10.2. The number of unbranched alkanes of at least 4 members (excludes halogenated alkanes) is 1. The van der Waals surface area contributed by atoms with Gasteiger partial charge >= 0.3 is 0 Å². The summed E-state index contributed by atoms with van der Waals surface area (Å²) in [5.74, 6) is 0.613. The van der Waals surface area contributed by atoms with Gasteiger partial charge in [0.15, 0.2) is 12.4 Å². The van der Waals surface area contributed by atoms with Crippen molar-refractivity contribution < 1.29 is 17.9 Å². The largest absolute Gasteiger partial charge is 0.479 e. The van der Waals surface area contributed by atoms with Gasteiger partial charge in [-0.1, -0.05) is 23.7 Å². The van der Waals surface area contributed by atoms with Crippen molar-refractivity contribution in [2.45, 2.75) is 17.7 Å². The molecule has 10 heteroatoms. The van der Waals surface area contributed by atoms with Crippen molar-refractivity contribution >= 4 is 38.9 Å². The molecule has 0 radical (unpaired) electrons. The summed E-state index contributed by atoms with van der Waals surface area (Å²) in [6.45, 7) is 4.95. The van der Waals surface area contributed by atoms with E-state index >= 15 is 0 Å². The second-order valence-electron chi connectivity index (χ2n) is 7.88. The molecule has 1 saturated heterocycles. The maximum atomic E-state index is 12.3. The molecule has 2 aromatic rings. The average Bonchev–Trinajstić information content (AvgIpc) is 2.78. The molecular weight excluding hydrogens is 452 g/mol. The number of hydrogen-bond donors (Lipinski definition) is 2. The number of amides is 1. The van der Waals surface area contributed by atoms with Gasteiger partial charge in [-0.25, -0.2) is 13.1 Å². The Bertz CT molecular complexity index is 1070. The Morgan fingerprint density at radius 2 is 1.84 bits per heavy atom. The highest BCUT2D eigenvalue weighted by atomic mass is 35.5. The highest BCUT2D eigenvalue weighted by Crippen LogP contribution is 2.38. The molecule has 2 aliphatic heterocycles. The summed E-state index contributed by atoms with van der Waals surface area (Å²) in [7, 11) is -3.53. The second kappa shape index (κ2) is 10.1. The Kier molecular flexibility index (Phi) is 7.20. The molecule has 0 aliphatic carbocycles. The number of halogens is 1. The van der Waals surface area contributed by atoms with Gasteiger partial charge in [-0.05, 0) is 49.7 Å². The molecular formula is C22H27ClN4O4S. The van der Waals surface area contributed by atoms with Crippen LogP contribution in [-0.4, -0.2) is 65.1 Å². The van der Waals surface area contributed by atoms with Crippen LogP contribution in [0.1, 0.15) is 12.8 Å². The Morgan fingerprint density at radius 3 is 2.62 bits per heavy atom. The van der Waals surface area contributed by atoms with Crippen LogP contribution in [0.2, 0.25) is 5.02 Å². The molecule has 8 nitrogen and oxygen atoms in total. The summed E-state index contributed by atoms with van der Waals surface area (Å²) in [5, 5.41) is 3.26. The fourth-order valence-corrected chi connectivity index (χ4v) is 5.32. The standard InChI is InChI=1S/C22H27ClN4O4S/c23-17-5-3-6-18(15-17)32(29,30)24-9-1-2-10-26-11-13-27(14-12-26)20-8-4-7-19-22(20)31-16-21(28)25-19/h3-8,15,24H,1-2,9-14,16H2,(H,25,28). The van der Waals surface area contributed by atoms with Crippen molar-refractivity contribution in [3.05, 3.63) is 47.5 Å². The second-order valence-corrected chi connectivity index (χ2v) is 10.1. The molecule has 2 aliphatic rings. The van der Waals surface area contributed by atoms with Gasteiger partial charge in [0.05, 0.1) is 16.3 Å². The third-order valence-corrected chi connectivity index (χ3v) is 7.32. The van der Waals surface area contributed by atoms with Crippen LogP contribution in [0.3, 0.4) is 0 Å². The number of rotatable bonds is 8. The number of anilines is 2. The number of nitrogens with zero attached hydrogens (tertiary/aromatic N) is 2. The third kappa shape index (κ3) is 5.53. The molecule has 0 bridgehead atoms. The predicted octanol–water partition coefficient (Wildman–Crippen LogP) is 2.55.